The molecule has 0 aromatic carbocycles. The molecule has 8 nitrogen and oxygen atoms in total. The summed E-state index contributed by atoms with van der Waals surface area (Å²) < 4.78 is 24.3. The molecule has 94 valence electrons. The number of nitro groups is 1. The van der Waals surface area contributed by atoms with E-state index in [0.29, 0.717) is 5.69 Å². The topological polar surface area (TPSA) is 114 Å². The van der Waals surface area contributed by atoms with Crippen LogP contribution in [-0.4, -0.2) is 37.7 Å². The van der Waals surface area contributed by atoms with Crippen molar-refractivity contribution >= 4 is 21.5 Å². The summed E-state index contributed by atoms with van der Waals surface area (Å²) in [6, 6.07) is 2.71. The number of nitrogens with one attached hydrogen (secondary N) is 2. The lowest BCUT2D eigenvalue weighted by Crippen LogP contribution is -2.26. The Hall–Kier alpha value is -1.74. The minimum atomic E-state index is -3.25. The molecule has 0 radical (unpaired) electrons. The smallest absolute Gasteiger partial charge is 0.363 e. The Morgan fingerprint density at radius 1 is 1.47 bits per heavy atom. The van der Waals surface area contributed by atoms with Crippen LogP contribution in [0.3, 0.4) is 0 Å². The second-order valence-electron chi connectivity index (χ2n) is 3.11. The van der Waals surface area contributed by atoms with Gasteiger partial charge in [-0.05, 0) is 23.0 Å². The molecule has 1 rings (SSSR count). The molecule has 0 spiro atoms. The molecular weight excluding hydrogens is 248 g/mol. The molecule has 0 aliphatic carbocycles. The van der Waals surface area contributed by atoms with Gasteiger partial charge in [0.15, 0.2) is 6.20 Å². The monoisotopic (exact) mass is 260 g/mol. The van der Waals surface area contributed by atoms with Gasteiger partial charge in [0.25, 0.3) is 0 Å². The third kappa shape index (κ3) is 4.33. The van der Waals surface area contributed by atoms with Crippen LogP contribution in [0.2, 0.25) is 0 Å². The van der Waals surface area contributed by atoms with E-state index in [9.17, 15) is 18.5 Å². The van der Waals surface area contributed by atoms with Crippen molar-refractivity contribution in [3.63, 3.8) is 0 Å². The van der Waals surface area contributed by atoms with Gasteiger partial charge < -0.3 is 15.4 Å². The molecule has 17 heavy (non-hydrogen) atoms. The summed E-state index contributed by atoms with van der Waals surface area (Å²) in [5.74, 6) is -0.334. The van der Waals surface area contributed by atoms with Crippen LogP contribution < -0.4 is 10.0 Å². The number of hydrogen-bond acceptors (Lipinski definition) is 6. The van der Waals surface area contributed by atoms with E-state index in [4.69, 9.17) is 0 Å². The van der Waals surface area contributed by atoms with Crippen molar-refractivity contribution in [2.24, 2.45) is 0 Å². The average Bonchev–Trinajstić information content (AvgIpc) is 2.29. The van der Waals surface area contributed by atoms with Crippen LogP contribution in [0.15, 0.2) is 18.3 Å². The van der Waals surface area contributed by atoms with Gasteiger partial charge >= 0.3 is 5.82 Å². The molecule has 9 heteroatoms. The van der Waals surface area contributed by atoms with Crippen molar-refractivity contribution in [3.8, 4) is 0 Å². The van der Waals surface area contributed by atoms with Crippen LogP contribution in [0, 0.1) is 10.1 Å². The lowest BCUT2D eigenvalue weighted by Gasteiger charge is -2.04. The predicted molar refractivity (Wildman–Crippen MR) is 62.2 cm³/mol. The van der Waals surface area contributed by atoms with E-state index in [1.54, 1.807) is 0 Å². The van der Waals surface area contributed by atoms with Gasteiger partial charge in [-0.15, -0.1) is 0 Å². The molecule has 0 amide bonds. The highest BCUT2D eigenvalue weighted by molar-refractivity contribution is 7.89. The summed E-state index contributed by atoms with van der Waals surface area (Å²) in [7, 11) is -1.92. The van der Waals surface area contributed by atoms with Crippen molar-refractivity contribution < 1.29 is 13.3 Å². The van der Waals surface area contributed by atoms with Crippen molar-refractivity contribution in [1.29, 1.82) is 0 Å². The van der Waals surface area contributed by atoms with Crippen LogP contribution in [0.4, 0.5) is 11.5 Å². The molecular formula is C8H12N4O4S. The minimum absolute atomic E-state index is 0.0828. The highest BCUT2D eigenvalue weighted by Gasteiger charge is 2.08. The first-order valence-electron chi connectivity index (χ1n) is 4.70. The predicted octanol–water partition coefficient (Wildman–Crippen LogP) is -0.0491. The average molecular weight is 260 g/mol. The lowest BCUT2D eigenvalue weighted by molar-refractivity contribution is -0.389. The fourth-order valence-electron chi connectivity index (χ4n) is 1.03. The molecule has 0 fully saturated rings. The van der Waals surface area contributed by atoms with Crippen LogP contribution in [-0.2, 0) is 10.0 Å². The van der Waals surface area contributed by atoms with E-state index < -0.39 is 14.9 Å². The number of anilines is 1. The Labute approximate surface area is 98.3 Å². The van der Waals surface area contributed by atoms with E-state index in [1.807, 2.05) is 0 Å². The summed E-state index contributed by atoms with van der Waals surface area (Å²) >= 11 is 0. The highest BCUT2D eigenvalue weighted by atomic mass is 32.2. The van der Waals surface area contributed by atoms with Gasteiger partial charge in [0.2, 0.25) is 10.0 Å². The maximum atomic E-state index is 11.1. The van der Waals surface area contributed by atoms with Crippen molar-refractivity contribution in [2.45, 2.75) is 0 Å². The second-order valence-corrected chi connectivity index (χ2v) is 5.16. The molecule has 2 N–H and O–H groups in total. The molecule has 0 bridgehead atoms. The number of pyridine rings is 1. The number of rotatable bonds is 6. The Balaban J connectivity index is 2.51. The summed E-state index contributed by atoms with van der Waals surface area (Å²) in [5.41, 5.74) is 0.530. The number of hydrogen-bond donors (Lipinski definition) is 2. The van der Waals surface area contributed by atoms with E-state index >= 15 is 0 Å². The molecule has 1 heterocycles. The summed E-state index contributed by atoms with van der Waals surface area (Å²) in [6.07, 6.45) is 1.28. The van der Waals surface area contributed by atoms with Crippen molar-refractivity contribution in [1.82, 2.24) is 9.71 Å². The fourth-order valence-corrected chi connectivity index (χ4v) is 1.61. The fraction of sp³-hybridized carbons (Fsp3) is 0.375. The van der Waals surface area contributed by atoms with Gasteiger partial charge in [0.1, 0.15) is 0 Å². The van der Waals surface area contributed by atoms with Crippen LogP contribution >= 0.6 is 0 Å². The Kier molecular flexibility index (Phi) is 4.35. The SMILES string of the molecule is CNS(=O)(=O)CCNc1ccc([N+](=O)[O-])nc1. The standard InChI is InChI=1S/C8H12N4O4S/c1-9-17(15,16)5-4-10-7-2-3-8(11-6-7)12(13)14/h2-3,6,9-10H,4-5H2,1H3. The van der Waals surface area contributed by atoms with Crippen molar-refractivity contribution in [3.05, 3.63) is 28.4 Å². The first-order chi connectivity index (χ1) is 7.94. The van der Waals surface area contributed by atoms with Crippen LogP contribution in [0.1, 0.15) is 0 Å². The minimum Gasteiger partial charge on any atom is -0.381 e. The van der Waals surface area contributed by atoms with E-state index in [1.165, 1.54) is 25.4 Å². The normalized spacial score (nSPS) is 11.1. The third-order valence-corrected chi connectivity index (χ3v) is 3.31. The van der Waals surface area contributed by atoms with E-state index in [-0.39, 0.29) is 18.1 Å². The maximum Gasteiger partial charge on any atom is 0.363 e. The van der Waals surface area contributed by atoms with Gasteiger partial charge in [0, 0.05) is 12.6 Å². The first kappa shape index (κ1) is 13.3. The Bertz CT molecular complexity index is 485. The number of sulfonamides is 1. The molecule has 0 atom stereocenters. The third-order valence-electron chi connectivity index (χ3n) is 1.95. The molecule has 0 saturated carbocycles. The Morgan fingerprint density at radius 2 is 2.18 bits per heavy atom. The molecule has 0 unspecified atom stereocenters. The van der Waals surface area contributed by atoms with Gasteiger partial charge in [0.05, 0.1) is 11.4 Å². The number of aromatic nitrogens is 1. The molecule has 1 aromatic heterocycles. The zero-order chi connectivity index (χ0) is 12.9. The zero-order valence-corrected chi connectivity index (χ0v) is 9.90. The summed E-state index contributed by atoms with van der Waals surface area (Å²) in [5, 5.41) is 13.1. The molecule has 0 saturated heterocycles. The highest BCUT2D eigenvalue weighted by Crippen LogP contribution is 2.10. The largest absolute Gasteiger partial charge is 0.381 e. The van der Waals surface area contributed by atoms with Gasteiger partial charge in [-0.25, -0.2) is 13.1 Å². The Morgan fingerprint density at radius 3 is 2.65 bits per heavy atom. The lowest BCUT2D eigenvalue weighted by atomic mass is 10.4. The van der Waals surface area contributed by atoms with Gasteiger partial charge in [-0.1, -0.05) is 0 Å². The quantitative estimate of drug-likeness (QED) is 0.547. The van der Waals surface area contributed by atoms with Gasteiger partial charge in [-0.2, -0.15) is 0 Å². The molecule has 0 aliphatic heterocycles. The van der Waals surface area contributed by atoms with Crippen LogP contribution in [0.5, 0.6) is 0 Å². The zero-order valence-electron chi connectivity index (χ0n) is 9.08. The van der Waals surface area contributed by atoms with Gasteiger partial charge in [-0.3, -0.25) is 0 Å². The molecule has 1 aromatic rings. The number of nitrogens with zero attached hydrogens (tertiary/aromatic N) is 2. The summed E-state index contributed by atoms with van der Waals surface area (Å²) in [6.45, 7) is 0.197. The molecule has 0 aliphatic rings. The first-order valence-corrected chi connectivity index (χ1v) is 6.35. The van der Waals surface area contributed by atoms with E-state index in [2.05, 4.69) is 15.0 Å². The second kappa shape index (κ2) is 5.55. The summed E-state index contributed by atoms with van der Waals surface area (Å²) in [4.78, 5) is 13.3. The van der Waals surface area contributed by atoms with Crippen molar-refractivity contribution in [2.75, 3.05) is 24.7 Å². The van der Waals surface area contributed by atoms with Crippen LogP contribution in [0.25, 0.3) is 0 Å². The van der Waals surface area contributed by atoms with E-state index in [0.717, 1.165) is 0 Å². The maximum absolute atomic E-state index is 11.1.